The number of carbonyl (C=O) groups excluding carboxylic acids is 2. The Morgan fingerprint density at radius 1 is 0.388 bits per heavy atom. The first-order valence-electron chi connectivity index (χ1n) is 26.9. The summed E-state index contributed by atoms with van der Waals surface area (Å²) >= 11 is 0. The van der Waals surface area contributed by atoms with Crippen LogP contribution in [0.5, 0.6) is 23.0 Å². The Kier molecular flexibility index (Phi) is 18.5. The Balaban J connectivity index is 0.000000194. The lowest BCUT2D eigenvalue weighted by molar-refractivity contribution is -0.140. The Labute approximate surface area is 469 Å². The fourth-order valence-electron chi connectivity index (χ4n) is 10.9. The first-order chi connectivity index (χ1) is 39.3. The number of methoxy groups -OCH3 is 4. The zero-order valence-corrected chi connectivity index (χ0v) is 46.1. The summed E-state index contributed by atoms with van der Waals surface area (Å²) in [7, 11) is 6.69. The highest BCUT2D eigenvalue weighted by atomic mass is 16.5. The number of anilines is 4. The normalized spacial score (nSPS) is 16.8. The average Bonchev–Trinajstić information content (AvgIpc) is 3.51. The predicted molar refractivity (Wildman–Crippen MR) is 317 cm³/mol. The molecule has 0 saturated heterocycles. The van der Waals surface area contributed by atoms with Gasteiger partial charge in [-0.1, -0.05) is 146 Å². The molecule has 0 saturated carbocycles. The van der Waals surface area contributed by atoms with Gasteiger partial charge < -0.3 is 48.9 Å². The summed E-state index contributed by atoms with van der Waals surface area (Å²) in [5.74, 6) is 2.22. The lowest BCUT2D eigenvalue weighted by Crippen LogP contribution is -2.42. The van der Waals surface area contributed by atoms with Crippen molar-refractivity contribution in [2.45, 2.75) is 50.9 Å². The molecule has 2 aliphatic rings. The van der Waals surface area contributed by atoms with Crippen molar-refractivity contribution in [3.63, 3.8) is 0 Å². The second-order valence-corrected chi connectivity index (χ2v) is 18.9. The molecular formula is C68H68N4O8. The third-order valence-electron chi connectivity index (χ3n) is 14.3. The van der Waals surface area contributed by atoms with Crippen LogP contribution < -0.4 is 39.4 Å². The first kappa shape index (κ1) is 55.3. The molecule has 10 rings (SSSR count). The minimum absolute atomic E-state index is 0.183. The van der Waals surface area contributed by atoms with Crippen LogP contribution in [-0.2, 0) is 19.1 Å². The Morgan fingerprint density at radius 3 is 0.975 bits per heavy atom. The Bertz CT molecular complexity index is 3170. The molecule has 0 spiro atoms. The molecular weight excluding hydrogens is 1000 g/mol. The quantitative estimate of drug-likeness (QED) is 0.0796. The van der Waals surface area contributed by atoms with Crippen molar-refractivity contribution < 1.29 is 38.0 Å². The van der Waals surface area contributed by atoms with E-state index in [4.69, 9.17) is 28.4 Å². The summed E-state index contributed by atoms with van der Waals surface area (Å²) in [6.07, 6.45) is 1.04. The molecule has 4 atom stereocenters. The maximum absolute atomic E-state index is 13.9. The molecule has 408 valence electrons. The molecule has 2 aliphatic heterocycles. The average molecular weight is 1070 g/mol. The third kappa shape index (κ3) is 12.1. The highest BCUT2D eigenvalue weighted by molar-refractivity contribution is 5.95. The fraction of sp³-hybridized carbons (Fsp3) is 0.206. The van der Waals surface area contributed by atoms with E-state index < -0.39 is 12.1 Å². The molecule has 12 heteroatoms. The van der Waals surface area contributed by atoms with E-state index >= 15 is 0 Å². The van der Waals surface area contributed by atoms with Gasteiger partial charge in [-0.3, -0.25) is 0 Å². The van der Waals surface area contributed by atoms with Crippen molar-refractivity contribution in [1.29, 1.82) is 0 Å². The molecule has 8 aromatic carbocycles. The Morgan fingerprint density at radius 2 is 0.662 bits per heavy atom. The van der Waals surface area contributed by atoms with Gasteiger partial charge in [-0.05, 0) is 86.6 Å². The molecule has 12 nitrogen and oxygen atoms in total. The molecule has 0 aromatic heterocycles. The van der Waals surface area contributed by atoms with Crippen LogP contribution in [0.25, 0.3) is 0 Å². The van der Waals surface area contributed by atoms with E-state index in [9.17, 15) is 9.59 Å². The number of nitrogens with zero attached hydrogens (tertiary/aromatic N) is 2. The maximum atomic E-state index is 13.9. The van der Waals surface area contributed by atoms with E-state index in [1.165, 1.54) is 0 Å². The van der Waals surface area contributed by atoms with Crippen LogP contribution in [0, 0.1) is 0 Å². The third-order valence-corrected chi connectivity index (χ3v) is 14.3. The van der Waals surface area contributed by atoms with Gasteiger partial charge in [0.25, 0.3) is 0 Å². The van der Waals surface area contributed by atoms with Gasteiger partial charge in [0.05, 0.1) is 77.0 Å². The van der Waals surface area contributed by atoms with E-state index in [0.717, 1.165) is 67.9 Å². The van der Waals surface area contributed by atoms with Crippen molar-refractivity contribution in [3.05, 3.63) is 263 Å². The van der Waals surface area contributed by atoms with Crippen LogP contribution in [0.1, 0.15) is 73.1 Å². The molecule has 0 bridgehead atoms. The summed E-state index contributed by atoms with van der Waals surface area (Å²) in [5, 5.41) is 7.17. The van der Waals surface area contributed by atoms with Crippen LogP contribution in [0.3, 0.4) is 0 Å². The SMILES string of the molecule is CCOC(=O)C1=C(Nc2ccccc2)C[C@@H](c2ccccc2OC)N(c2ccccc2)[C@@H]1c1ccccc1OC.CCOC(=O)C1=C(Nc2ccccc2)C[C@H](c2ccccc2OC)N(c2ccccc2)[C@H]1c1ccccc1OC. The van der Waals surface area contributed by atoms with E-state index in [2.05, 4.69) is 56.8 Å². The maximum Gasteiger partial charge on any atom is 0.338 e. The summed E-state index contributed by atoms with van der Waals surface area (Å²) in [6.45, 7) is 4.19. The van der Waals surface area contributed by atoms with Crippen molar-refractivity contribution in [2.75, 3.05) is 62.1 Å². The van der Waals surface area contributed by atoms with Gasteiger partial charge in [-0.2, -0.15) is 0 Å². The van der Waals surface area contributed by atoms with Gasteiger partial charge in [-0.15, -0.1) is 0 Å². The van der Waals surface area contributed by atoms with E-state index in [-0.39, 0.29) is 37.2 Å². The number of esters is 2. The number of carbonyl (C=O) groups is 2. The number of benzene rings is 8. The lowest BCUT2D eigenvalue weighted by atomic mass is 9.83. The lowest BCUT2D eigenvalue weighted by Gasteiger charge is -2.46. The van der Waals surface area contributed by atoms with Crippen molar-refractivity contribution in [3.8, 4) is 23.0 Å². The summed E-state index contributed by atoms with van der Waals surface area (Å²) in [5.41, 5.74) is 10.2. The van der Waals surface area contributed by atoms with Crippen LogP contribution in [0.15, 0.2) is 241 Å². The molecule has 2 N–H and O–H groups in total. The zero-order valence-electron chi connectivity index (χ0n) is 46.1. The van der Waals surface area contributed by atoms with Gasteiger partial charge in [-0.25, -0.2) is 9.59 Å². The molecule has 0 amide bonds. The van der Waals surface area contributed by atoms with Crippen LogP contribution in [0.4, 0.5) is 22.7 Å². The molecule has 8 aromatic rings. The summed E-state index contributed by atoms with van der Waals surface area (Å²) < 4.78 is 34.9. The molecule has 0 fully saturated rings. The van der Waals surface area contributed by atoms with Crippen molar-refractivity contribution in [2.24, 2.45) is 0 Å². The minimum Gasteiger partial charge on any atom is -0.496 e. The summed E-state index contributed by atoms with van der Waals surface area (Å²) in [4.78, 5) is 32.4. The predicted octanol–water partition coefficient (Wildman–Crippen LogP) is 14.7. The fourth-order valence-corrected chi connectivity index (χ4v) is 10.9. The van der Waals surface area contributed by atoms with Crippen LogP contribution >= 0.6 is 0 Å². The zero-order chi connectivity index (χ0) is 55.8. The smallest absolute Gasteiger partial charge is 0.338 e. The van der Waals surface area contributed by atoms with Gasteiger partial charge in [0.1, 0.15) is 23.0 Å². The molecule has 0 radical (unpaired) electrons. The van der Waals surface area contributed by atoms with Crippen molar-refractivity contribution in [1.82, 2.24) is 0 Å². The summed E-state index contributed by atoms with van der Waals surface area (Å²) in [6, 6.07) is 70.6. The van der Waals surface area contributed by atoms with Gasteiger partial charge in [0, 0.05) is 69.2 Å². The molecule has 0 unspecified atom stereocenters. The Hall–Kier alpha value is -9.42. The van der Waals surface area contributed by atoms with Crippen LogP contribution in [0.2, 0.25) is 0 Å². The number of nitrogens with one attached hydrogen (secondary N) is 2. The largest absolute Gasteiger partial charge is 0.496 e. The van der Waals surface area contributed by atoms with Crippen molar-refractivity contribution >= 4 is 34.7 Å². The number of ether oxygens (including phenoxy) is 6. The monoisotopic (exact) mass is 1070 g/mol. The number of rotatable bonds is 18. The van der Waals surface area contributed by atoms with E-state index in [0.29, 0.717) is 35.5 Å². The number of hydrogen-bond acceptors (Lipinski definition) is 12. The molecule has 0 aliphatic carbocycles. The molecule has 80 heavy (non-hydrogen) atoms. The second kappa shape index (κ2) is 26.8. The molecule has 2 heterocycles. The van der Waals surface area contributed by atoms with E-state index in [1.807, 2.05) is 196 Å². The second-order valence-electron chi connectivity index (χ2n) is 18.9. The van der Waals surface area contributed by atoms with Gasteiger partial charge in [0.2, 0.25) is 0 Å². The van der Waals surface area contributed by atoms with E-state index in [1.54, 1.807) is 28.4 Å². The minimum atomic E-state index is -0.521. The van der Waals surface area contributed by atoms with Gasteiger partial charge in [0.15, 0.2) is 0 Å². The highest BCUT2D eigenvalue weighted by Gasteiger charge is 2.45. The number of para-hydroxylation sites is 8. The van der Waals surface area contributed by atoms with Crippen LogP contribution in [-0.4, -0.2) is 53.6 Å². The standard InChI is InChI=1S/2C34H34N2O4/c2*1-4-40-34(37)32-28(35-24-15-7-5-8-16-24)23-29(26-19-11-13-21-30(26)38-2)36(25-17-9-6-10-18-25)33(32)27-20-12-14-22-31(27)39-3/h2*5-22,29,33,35H,4,23H2,1-3H3/t2*29-,33+/m10/s1. The topological polar surface area (TPSA) is 120 Å². The highest BCUT2D eigenvalue weighted by Crippen LogP contribution is 2.53. The first-order valence-corrected chi connectivity index (χ1v) is 26.9. The number of hydrogen-bond donors (Lipinski definition) is 2. The van der Waals surface area contributed by atoms with Gasteiger partial charge >= 0.3 is 11.9 Å².